The molecule has 0 aliphatic carbocycles. The number of carboxylic acids is 2. The molecule has 11 N–H and O–H groups in total. The summed E-state index contributed by atoms with van der Waals surface area (Å²) in [6, 6.07) is -4.48. The first-order valence-electron chi connectivity index (χ1n) is 12.4. The summed E-state index contributed by atoms with van der Waals surface area (Å²) in [6.07, 6.45) is 0.455. The molecule has 3 amide bonds. The first kappa shape index (κ1) is 33.6. The Morgan fingerprint density at radius 2 is 1.46 bits per heavy atom. The predicted octanol–water partition coefficient (Wildman–Crippen LogP) is -1.14. The number of amides is 3. The second-order valence-electron chi connectivity index (χ2n) is 9.45. The van der Waals surface area contributed by atoms with Gasteiger partial charge in [-0.2, -0.15) is 0 Å². The highest BCUT2D eigenvalue weighted by atomic mass is 16.4. The Bertz CT molecular complexity index is 815. The molecule has 0 aromatic heterocycles. The van der Waals surface area contributed by atoms with E-state index in [4.69, 9.17) is 22.3 Å². The van der Waals surface area contributed by atoms with Crippen LogP contribution in [0.2, 0.25) is 0 Å². The Morgan fingerprint density at radius 3 is 1.95 bits per heavy atom. The van der Waals surface area contributed by atoms with Gasteiger partial charge in [-0.1, -0.05) is 34.1 Å². The average molecular weight is 530 g/mol. The molecule has 0 spiro atoms. The number of hydrogen-bond donors (Lipinski definition) is 8. The van der Waals surface area contributed by atoms with Gasteiger partial charge in [0.1, 0.15) is 18.1 Å². The van der Waals surface area contributed by atoms with E-state index in [1.54, 1.807) is 6.92 Å². The van der Waals surface area contributed by atoms with Crippen molar-refractivity contribution in [3.63, 3.8) is 0 Å². The standard InChI is InChI=1S/C23H43N7O7/c1-5-13(4)18(30-19(33)14(24)11-12(2)3)21(35)28-15(7-6-10-27-23(25)26)20(34)29-16(22(36)37)8-9-17(31)32/h12-16,18H,5-11,24H2,1-4H3,(H,28,35)(H,29,34)(H,30,33)(H,31,32)(H,36,37)(H4,25,26,27). The van der Waals surface area contributed by atoms with Gasteiger partial charge in [0.05, 0.1) is 6.04 Å². The zero-order valence-corrected chi connectivity index (χ0v) is 22.0. The Morgan fingerprint density at radius 1 is 0.865 bits per heavy atom. The normalized spacial score (nSPS) is 15.0. The van der Waals surface area contributed by atoms with Crippen molar-refractivity contribution in [2.24, 2.45) is 34.0 Å². The van der Waals surface area contributed by atoms with E-state index in [1.807, 2.05) is 20.8 Å². The van der Waals surface area contributed by atoms with Gasteiger partial charge in [-0.15, -0.1) is 0 Å². The molecule has 0 bridgehead atoms. The summed E-state index contributed by atoms with van der Waals surface area (Å²) in [5.41, 5.74) is 16.6. The highest BCUT2D eigenvalue weighted by Gasteiger charge is 2.32. The minimum absolute atomic E-state index is 0.0493. The Balaban J connectivity index is 5.70. The number of carboxylic acid groups (broad SMARTS) is 2. The SMILES string of the molecule is CCC(C)C(NC(=O)C(N)CC(C)C)C(=O)NC(CCCN=C(N)N)C(=O)NC(CCC(=O)O)C(=O)O. The third-order valence-electron chi connectivity index (χ3n) is 5.70. The molecule has 0 radical (unpaired) electrons. The van der Waals surface area contributed by atoms with Crippen LogP contribution in [0.15, 0.2) is 4.99 Å². The summed E-state index contributed by atoms with van der Waals surface area (Å²) in [5.74, 6) is -4.87. The topological polar surface area (TPSA) is 252 Å². The molecular formula is C23H43N7O7. The molecule has 0 aromatic carbocycles. The smallest absolute Gasteiger partial charge is 0.326 e. The first-order valence-corrected chi connectivity index (χ1v) is 12.4. The van der Waals surface area contributed by atoms with Crippen molar-refractivity contribution in [3.8, 4) is 0 Å². The summed E-state index contributed by atoms with van der Waals surface area (Å²) in [5, 5.41) is 25.8. The van der Waals surface area contributed by atoms with E-state index in [2.05, 4.69) is 20.9 Å². The molecular weight excluding hydrogens is 486 g/mol. The van der Waals surface area contributed by atoms with E-state index < -0.39 is 60.2 Å². The molecule has 5 atom stereocenters. The third kappa shape index (κ3) is 14.0. The largest absolute Gasteiger partial charge is 0.481 e. The molecule has 5 unspecified atom stereocenters. The maximum atomic E-state index is 13.2. The number of aliphatic carboxylic acids is 2. The number of nitrogens with two attached hydrogens (primary N) is 3. The first-order chi connectivity index (χ1) is 17.2. The van der Waals surface area contributed by atoms with Gasteiger partial charge >= 0.3 is 11.9 Å². The lowest BCUT2D eigenvalue weighted by molar-refractivity contribution is -0.143. The van der Waals surface area contributed by atoms with Gasteiger partial charge in [-0.05, 0) is 37.5 Å². The number of hydrogen-bond acceptors (Lipinski definition) is 7. The predicted molar refractivity (Wildman–Crippen MR) is 137 cm³/mol. The fourth-order valence-corrected chi connectivity index (χ4v) is 3.41. The average Bonchev–Trinajstić information content (AvgIpc) is 2.79. The highest BCUT2D eigenvalue weighted by Crippen LogP contribution is 2.11. The number of guanidine groups is 1. The lowest BCUT2D eigenvalue weighted by Gasteiger charge is -2.28. The van der Waals surface area contributed by atoms with Crippen molar-refractivity contribution in [2.45, 2.75) is 90.4 Å². The van der Waals surface area contributed by atoms with Crippen molar-refractivity contribution in [2.75, 3.05) is 6.54 Å². The second kappa shape index (κ2) is 17.1. The summed E-state index contributed by atoms with van der Waals surface area (Å²) in [7, 11) is 0. The van der Waals surface area contributed by atoms with Gasteiger partial charge in [0.2, 0.25) is 17.7 Å². The molecule has 0 aliphatic rings. The number of carbonyl (C=O) groups is 5. The molecule has 0 fully saturated rings. The van der Waals surface area contributed by atoms with Crippen LogP contribution in [0.25, 0.3) is 0 Å². The summed E-state index contributed by atoms with van der Waals surface area (Å²) < 4.78 is 0. The number of rotatable bonds is 18. The molecule has 0 saturated heterocycles. The van der Waals surface area contributed by atoms with E-state index in [-0.39, 0.29) is 43.6 Å². The monoisotopic (exact) mass is 529 g/mol. The molecule has 0 heterocycles. The lowest BCUT2D eigenvalue weighted by atomic mass is 9.96. The van der Waals surface area contributed by atoms with E-state index in [0.29, 0.717) is 12.8 Å². The Kier molecular flexibility index (Phi) is 15.5. The molecule has 0 aliphatic heterocycles. The van der Waals surface area contributed by atoms with Crippen LogP contribution in [0.5, 0.6) is 0 Å². The Hall–Kier alpha value is -3.42. The maximum absolute atomic E-state index is 13.2. The van der Waals surface area contributed by atoms with Crippen LogP contribution in [0.1, 0.15) is 66.2 Å². The van der Waals surface area contributed by atoms with Crippen LogP contribution in [0.3, 0.4) is 0 Å². The molecule has 0 saturated carbocycles. The van der Waals surface area contributed by atoms with Crippen LogP contribution >= 0.6 is 0 Å². The molecule has 212 valence electrons. The molecule has 0 aromatic rings. The fraction of sp³-hybridized carbons (Fsp3) is 0.739. The molecule has 0 rings (SSSR count). The minimum atomic E-state index is -1.47. The van der Waals surface area contributed by atoms with E-state index >= 15 is 0 Å². The van der Waals surface area contributed by atoms with Crippen LogP contribution in [-0.4, -0.2) is 76.5 Å². The van der Waals surface area contributed by atoms with E-state index in [0.717, 1.165) is 0 Å². The van der Waals surface area contributed by atoms with Crippen LogP contribution < -0.4 is 33.2 Å². The van der Waals surface area contributed by atoms with Gasteiger partial charge < -0.3 is 43.4 Å². The molecule has 14 nitrogen and oxygen atoms in total. The maximum Gasteiger partial charge on any atom is 0.326 e. The van der Waals surface area contributed by atoms with E-state index in [1.165, 1.54) is 0 Å². The fourth-order valence-electron chi connectivity index (χ4n) is 3.41. The number of nitrogens with zero attached hydrogens (tertiary/aromatic N) is 1. The van der Waals surface area contributed by atoms with Crippen molar-refractivity contribution >= 4 is 35.6 Å². The van der Waals surface area contributed by atoms with Crippen LogP contribution in [0, 0.1) is 11.8 Å². The van der Waals surface area contributed by atoms with Crippen molar-refractivity contribution in [3.05, 3.63) is 0 Å². The van der Waals surface area contributed by atoms with Gasteiger partial charge in [0, 0.05) is 13.0 Å². The number of aliphatic imine (C=N–C) groups is 1. The van der Waals surface area contributed by atoms with Crippen LogP contribution in [0.4, 0.5) is 0 Å². The van der Waals surface area contributed by atoms with Crippen LogP contribution in [-0.2, 0) is 24.0 Å². The quantitative estimate of drug-likeness (QED) is 0.0601. The molecule has 37 heavy (non-hydrogen) atoms. The summed E-state index contributed by atoms with van der Waals surface area (Å²) >= 11 is 0. The second-order valence-corrected chi connectivity index (χ2v) is 9.45. The van der Waals surface area contributed by atoms with E-state index in [9.17, 15) is 29.1 Å². The third-order valence-corrected chi connectivity index (χ3v) is 5.70. The Labute approximate surface area is 217 Å². The van der Waals surface area contributed by atoms with Crippen molar-refractivity contribution in [1.82, 2.24) is 16.0 Å². The highest BCUT2D eigenvalue weighted by molar-refractivity contribution is 5.94. The lowest BCUT2D eigenvalue weighted by Crippen LogP contribution is -2.58. The van der Waals surface area contributed by atoms with Gasteiger partial charge in [-0.25, -0.2) is 4.79 Å². The number of carbonyl (C=O) groups excluding carboxylic acids is 3. The van der Waals surface area contributed by atoms with Gasteiger partial charge in [0.15, 0.2) is 5.96 Å². The summed E-state index contributed by atoms with van der Waals surface area (Å²) in [4.78, 5) is 65.0. The van der Waals surface area contributed by atoms with Crippen molar-refractivity contribution in [1.29, 1.82) is 0 Å². The minimum Gasteiger partial charge on any atom is -0.481 e. The zero-order chi connectivity index (χ0) is 28.7. The van der Waals surface area contributed by atoms with Gasteiger partial charge in [0.25, 0.3) is 0 Å². The number of nitrogens with one attached hydrogen (secondary N) is 3. The molecule has 14 heteroatoms. The zero-order valence-electron chi connectivity index (χ0n) is 22.0. The van der Waals surface area contributed by atoms with Crippen molar-refractivity contribution < 1.29 is 34.2 Å². The summed E-state index contributed by atoms with van der Waals surface area (Å²) in [6.45, 7) is 7.58. The van der Waals surface area contributed by atoms with Gasteiger partial charge in [-0.3, -0.25) is 24.2 Å².